The first-order chi connectivity index (χ1) is 8.78. The molecule has 0 fully saturated rings. The molecule has 2 N–H and O–H groups in total. The van der Waals surface area contributed by atoms with Crippen molar-refractivity contribution in [3.05, 3.63) is 24.0 Å². The summed E-state index contributed by atoms with van der Waals surface area (Å²) in [6.07, 6.45) is 0. The molecule has 0 bridgehead atoms. The van der Waals surface area contributed by atoms with Crippen LogP contribution in [0.3, 0.4) is 0 Å². The van der Waals surface area contributed by atoms with Gasteiger partial charge in [-0.15, -0.1) is 11.6 Å². The summed E-state index contributed by atoms with van der Waals surface area (Å²) in [4.78, 5) is 8.76. The highest BCUT2D eigenvalue weighted by Crippen LogP contribution is 2.24. The minimum atomic E-state index is 0.228. The van der Waals surface area contributed by atoms with Crippen LogP contribution < -0.4 is 5.73 Å². The second-order valence-electron chi connectivity index (χ2n) is 4.14. The number of hydrogen-bond donors (Lipinski definition) is 1. The predicted octanol–water partition coefficient (Wildman–Crippen LogP) is 1.79. The van der Waals surface area contributed by atoms with Gasteiger partial charge in [-0.1, -0.05) is 0 Å². The third-order valence-corrected chi connectivity index (χ3v) is 3.18. The minimum Gasteiger partial charge on any atom is -0.386 e. The van der Waals surface area contributed by atoms with Crippen LogP contribution in [0.15, 0.2) is 23.2 Å². The molecule has 2 heterocycles. The number of nitrogens with two attached hydrogens (primary N) is 1. The van der Waals surface area contributed by atoms with Gasteiger partial charge in [0.15, 0.2) is 0 Å². The number of benzene rings is 1. The molecule has 18 heavy (non-hydrogen) atoms. The molecule has 1 aliphatic rings. The highest BCUT2D eigenvalue weighted by molar-refractivity contribution is 6.28. The number of imidazole rings is 1. The lowest BCUT2D eigenvalue weighted by Crippen LogP contribution is -2.16. The zero-order valence-corrected chi connectivity index (χ0v) is 10.5. The van der Waals surface area contributed by atoms with Gasteiger partial charge < -0.3 is 15.0 Å². The Balaban J connectivity index is 2.08. The summed E-state index contributed by atoms with van der Waals surface area (Å²) in [5.41, 5.74) is 8.42. The Morgan fingerprint density at radius 1 is 1.56 bits per heavy atom. The summed E-state index contributed by atoms with van der Waals surface area (Å²) in [5.74, 6) is 1.59. The molecule has 3 rings (SSSR count). The van der Waals surface area contributed by atoms with Crippen molar-refractivity contribution in [2.24, 2.45) is 10.7 Å². The van der Waals surface area contributed by atoms with Crippen LogP contribution in [-0.4, -0.2) is 27.9 Å². The fourth-order valence-corrected chi connectivity index (χ4v) is 2.17. The number of hydrogen-bond acceptors (Lipinski definition) is 3. The van der Waals surface area contributed by atoms with Gasteiger partial charge in [0.05, 0.1) is 29.2 Å². The first kappa shape index (κ1) is 11.5. The molecule has 0 spiro atoms. The number of alkyl halides is 1. The molecule has 6 heteroatoms. The smallest absolute Gasteiger partial charge is 0.136 e. The van der Waals surface area contributed by atoms with Gasteiger partial charge >= 0.3 is 0 Å². The van der Waals surface area contributed by atoms with Crippen LogP contribution in [0.5, 0.6) is 0 Å². The van der Waals surface area contributed by atoms with E-state index in [1.54, 1.807) is 0 Å². The Morgan fingerprint density at radius 2 is 2.44 bits per heavy atom. The molecule has 5 nitrogen and oxygen atoms in total. The Kier molecular flexibility index (Phi) is 2.93. The third-order valence-electron chi connectivity index (χ3n) is 2.91. The van der Waals surface area contributed by atoms with Gasteiger partial charge in [0.2, 0.25) is 0 Å². The van der Waals surface area contributed by atoms with Crippen molar-refractivity contribution in [2.45, 2.75) is 13.2 Å². The maximum Gasteiger partial charge on any atom is 0.136 e. The summed E-state index contributed by atoms with van der Waals surface area (Å²) in [6.45, 7) is 2.15. The second-order valence-corrected chi connectivity index (χ2v) is 4.41. The van der Waals surface area contributed by atoms with Gasteiger partial charge in [0.1, 0.15) is 18.3 Å². The Morgan fingerprint density at radius 3 is 3.28 bits per heavy atom. The van der Waals surface area contributed by atoms with E-state index < -0.39 is 0 Å². The molecule has 0 unspecified atom stereocenters. The largest absolute Gasteiger partial charge is 0.386 e. The molecule has 94 valence electrons. The summed E-state index contributed by atoms with van der Waals surface area (Å²) in [6, 6.07) is 5.85. The average Bonchev–Trinajstić information content (AvgIpc) is 2.76. The van der Waals surface area contributed by atoms with Crippen molar-refractivity contribution in [1.29, 1.82) is 0 Å². The van der Waals surface area contributed by atoms with E-state index in [1.165, 1.54) is 0 Å². The predicted molar refractivity (Wildman–Crippen MR) is 71.4 cm³/mol. The number of aromatic nitrogens is 2. The fraction of sp³-hybridized carbons (Fsp3) is 0.333. The van der Waals surface area contributed by atoms with Gasteiger partial charge in [-0.25, -0.2) is 9.98 Å². The molecule has 2 aromatic rings. The first-order valence-electron chi connectivity index (χ1n) is 5.74. The van der Waals surface area contributed by atoms with Gasteiger partial charge in [-0.3, -0.25) is 0 Å². The molecule has 1 aliphatic heterocycles. The molecule has 0 saturated heterocycles. The van der Waals surface area contributed by atoms with Crippen LogP contribution >= 0.6 is 11.6 Å². The summed E-state index contributed by atoms with van der Waals surface area (Å²) < 4.78 is 7.57. The van der Waals surface area contributed by atoms with Crippen molar-refractivity contribution in [2.75, 3.05) is 12.5 Å². The lowest BCUT2D eigenvalue weighted by atomic mass is 10.3. The summed E-state index contributed by atoms with van der Waals surface area (Å²) in [7, 11) is 0. The van der Waals surface area contributed by atoms with Crippen LogP contribution in [0.4, 0.5) is 5.69 Å². The maximum absolute atomic E-state index is 5.62. The highest BCUT2D eigenvalue weighted by atomic mass is 35.5. The fourth-order valence-electron chi connectivity index (χ4n) is 2.11. The number of nitrogens with zero attached hydrogens (tertiary/aromatic N) is 3. The van der Waals surface area contributed by atoms with Crippen LogP contribution in [-0.2, 0) is 17.9 Å². The summed E-state index contributed by atoms with van der Waals surface area (Å²) in [5, 5.41) is 0. The molecular weight excluding hydrogens is 252 g/mol. The lowest BCUT2D eigenvalue weighted by molar-refractivity contribution is 0.0830. The summed E-state index contributed by atoms with van der Waals surface area (Å²) >= 11 is 5.61. The van der Waals surface area contributed by atoms with E-state index in [-0.39, 0.29) is 5.88 Å². The molecule has 1 aromatic carbocycles. The zero-order chi connectivity index (χ0) is 12.5. The molecule has 0 saturated carbocycles. The number of amidine groups is 1. The molecule has 0 aliphatic carbocycles. The van der Waals surface area contributed by atoms with Gasteiger partial charge in [-0.05, 0) is 18.2 Å². The van der Waals surface area contributed by atoms with Crippen LogP contribution in [0.25, 0.3) is 11.0 Å². The number of rotatable bonds is 2. The number of ether oxygens (including phenoxy) is 1. The quantitative estimate of drug-likeness (QED) is 0.511. The number of fused-ring (bicyclic) bond motifs is 3. The number of halogens is 1. The van der Waals surface area contributed by atoms with Crippen LogP contribution in [0.2, 0.25) is 0 Å². The van der Waals surface area contributed by atoms with E-state index in [9.17, 15) is 0 Å². The molecule has 0 radical (unpaired) electrons. The molecule has 0 atom stereocenters. The molecular formula is C12H13ClN4O. The SMILES string of the molecule is NC(CCl)=Nc1ccc2c(c1)nc1n2CCOC1. The monoisotopic (exact) mass is 264 g/mol. The van der Waals surface area contributed by atoms with Crippen molar-refractivity contribution >= 4 is 34.2 Å². The van der Waals surface area contributed by atoms with E-state index in [0.717, 1.165) is 35.7 Å². The highest BCUT2D eigenvalue weighted by Gasteiger charge is 2.14. The molecule has 1 aromatic heterocycles. The van der Waals surface area contributed by atoms with Gasteiger partial charge in [-0.2, -0.15) is 0 Å². The minimum absolute atomic E-state index is 0.228. The van der Waals surface area contributed by atoms with E-state index in [4.69, 9.17) is 22.1 Å². The van der Waals surface area contributed by atoms with E-state index in [2.05, 4.69) is 14.5 Å². The average molecular weight is 265 g/mol. The van der Waals surface area contributed by atoms with E-state index in [1.807, 2.05) is 18.2 Å². The zero-order valence-electron chi connectivity index (χ0n) is 9.77. The molecule has 0 amide bonds. The van der Waals surface area contributed by atoms with Crippen molar-refractivity contribution in [3.63, 3.8) is 0 Å². The van der Waals surface area contributed by atoms with Crippen molar-refractivity contribution < 1.29 is 4.74 Å². The lowest BCUT2D eigenvalue weighted by Gasteiger charge is -2.14. The van der Waals surface area contributed by atoms with Crippen molar-refractivity contribution in [3.8, 4) is 0 Å². The van der Waals surface area contributed by atoms with Gasteiger partial charge in [0, 0.05) is 6.54 Å². The van der Waals surface area contributed by atoms with Gasteiger partial charge in [0.25, 0.3) is 0 Å². The second kappa shape index (κ2) is 4.59. The Labute approximate surface area is 109 Å². The van der Waals surface area contributed by atoms with Crippen molar-refractivity contribution in [1.82, 2.24) is 9.55 Å². The normalized spacial score (nSPS) is 15.9. The first-order valence-corrected chi connectivity index (χ1v) is 6.27. The Hall–Kier alpha value is -1.59. The van der Waals surface area contributed by atoms with E-state index in [0.29, 0.717) is 12.4 Å². The standard InChI is InChI=1S/C12H13ClN4O/c13-6-11(14)15-8-1-2-10-9(5-8)16-12-7-18-4-3-17(10)12/h1-2,5H,3-4,6-7H2,(H2,14,15). The maximum atomic E-state index is 5.62. The van der Waals surface area contributed by atoms with E-state index >= 15 is 0 Å². The Bertz CT molecular complexity index is 620. The topological polar surface area (TPSA) is 65.4 Å². The number of aliphatic imine (C=N–C) groups is 1. The van der Waals surface area contributed by atoms with Crippen LogP contribution in [0.1, 0.15) is 5.82 Å². The third kappa shape index (κ3) is 1.95. The van der Waals surface area contributed by atoms with Crippen LogP contribution in [0, 0.1) is 0 Å².